The lowest BCUT2D eigenvalue weighted by atomic mass is 9.90. The van der Waals surface area contributed by atoms with Crippen LogP contribution in [-0.2, 0) is 4.79 Å². The molecule has 0 bridgehead atoms. The van der Waals surface area contributed by atoms with Crippen molar-refractivity contribution in [1.29, 1.82) is 0 Å². The van der Waals surface area contributed by atoms with Crippen LogP contribution in [0.5, 0.6) is 0 Å². The van der Waals surface area contributed by atoms with Crippen molar-refractivity contribution in [2.45, 2.75) is 19.4 Å². The number of hydrogen-bond acceptors (Lipinski definition) is 2. The molecule has 0 aromatic heterocycles. The summed E-state index contributed by atoms with van der Waals surface area (Å²) in [5.41, 5.74) is 0.989. The fourth-order valence-corrected chi connectivity index (χ4v) is 3.14. The van der Waals surface area contributed by atoms with Gasteiger partial charge in [-0.1, -0.05) is 23.7 Å². The van der Waals surface area contributed by atoms with Crippen LogP contribution in [0.25, 0.3) is 0 Å². The summed E-state index contributed by atoms with van der Waals surface area (Å²) in [4.78, 5) is 25.9. The third-order valence-electron chi connectivity index (χ3n) is 3.83. The summed E-state index contributed by atoms with van der Waals surface area (Å²) in [5, 5.41) is 2.87. The van der Waals surface area contributed by atoms with E-state index in [0.29, 0.717) is 24.2 Å². The van der Waals surface area contributed by atoms with E-state index in [1.807, 2.05) is 6.08 Å². The molecule has 0 radical (unpaired) electrons. The number of carbonyl (C=O) groups is 2. The van der Waals surface area contributed by atoms with Gasteiger partial charge in [0.15, 0.2) is 5.78 Å². The Kier molecular flexibility index (Phi) is 3.74. The average molecular weight is 321 g/mol. The largest absolute Gasteiger partial charge is 0.326 e. The molecule has 0 fully saturated rings. The normalized spacial score (nSPS) is 20.8. The van der Waals surface area contributed by atoms with Crippen LogP contribution >= 0.6 is 11.6 Å². The number of fused-ring (bicyclic) bond motifs is 1. The number of carbonyl (C=O) groups excluding carboxylic acids is 2. The Labute approximate surface area is 132 Å². The van der Waals surface area contributed by atoms with Gasteiger partial charge >= 0.3 is 6.03 Å². The maximum absolute atomic E-state index is 14.2. The van der Waals surface area contributed by atoms with Crippen LogP contribution in [0.2, 0.25) is 5.02 Å². The van der Waals surface area contributed by atoms with E-state index >= 15 is 0 Å². The average Bonchev–Trinajstić information content (AvgIpc) is 2.47. The first-order valence-electron chi connectivity index (χ1n) is 6.94. The highest BCUT2D eigenvalue weighted by Gasteiger charge is 2.37. The van der Waals surface area contributed by atoms with Crippen LogP contribution in [0.3, 0.4) is 0 Å². The van der Waals surface area contributed by atoms with Gasteiger partial charge in [-0.3, -0.25) is 9.69 Å². The van der Waals surface area contributed by atoms with Gasteiger partial charge < -0.3 is 5.32 Å². The van der Waals surface area contributed by atoms with E-state index in [1.165, 1.54) is 30.0 Å². The minimum absolute atomic E-state index is 0.119. The van der Waals surface area contributed by atoms with Gasteiger partial charge in [0, 0.05) is 22.7 Å². The first-order chi connectivity index (χ1) is 10.5. The summed E-state index contributed by atoms with van der Waals surface area (Å²) in [5.74, 6) is -0.777. The first-order valence-corrected chi connectivity index (χ1v) is 7.32. The van der Waals surface area contributed by atoms with E-state index in [0.717, 1.165) is 0 Å². The number of Topliss-reactive ketones (excluding diaryl/α,β-unsaturated/α-hetero) is 1. The van der Waals surface area contributed by atoms with Crippen LogP contribution in [0.1, 0.15) is 24.9 Å². The van der Waals surface area contributed by atoms with E-state index in [4.69, 9.17) is 11.6 Å². The molecule has 1 aromatic carbocycles. The molecular weight excluding hydrogens is 307 g/mol. The van der Waals surface area contributed by atoms with Gasteiger partial charge in [-0.15, -0.1) is 0 Å². The molecule has 1 aromatic rings. The topological polar surface area (TPSA) is 49.4 Å². The monoisotopic (exact) mass is 320 g/mol. The first kappa shape index (κ1) is 14.8. The molecule has 1 N–H and O–H groups in total. The highest BCUT2D eigenvalue weighted by atomic mass is 35.5. The SMILES string of the molecule is CC(=O)C1=C2C=CCCN2C(=O)NC1c1c(F)cccc1Cl. The van der Waals surface area contributed by atoms with Crippen LogP contribution in [0, 0.1) is 5.82 Å². The molecule has 1 atom stereocenters. The van der Waals surface area contributed by atoms with Crippen LogP contribution in [0.15, 0.2) is 41.6 Å². The second-order valence-corrected chi connectivity index (χ2v) is 5.62. The van der Waals surface area contributed by atoms with Crippen molar-refractivity contribution in [1.82, 2.24) is 10.2 Å². The van der Waals surface area contributed by atoms with Gasteiger partial charge in [-0.05, 0) is 31.6 Å². The molecule has 2 aliphatic rings. The van der Waals surface area contributed by atoms with Crippen LogP contribution in [0.4, 0.5) is 9.18 Å². The Morgan fingerprint density at radius 2 is 2.23 bits per heavy atom. The molecule has 0 saturated heterocycles. The van der Waals surface area contributed by atoms with E-state index in [9.17, 15) is 14.0 Å². The van der Waals surface area contributed by atoms with Gasteiger partial charge in [0.05, 0.1) is 11.7 Å². The molecule has 3 rings (SSSR count). The lowest BCUT2D eigenvalue weighted by molar-refractivity contribution is -0.114. The highest BCUT2D eigenvalue weighted by molar-refractivity contribution is 6.31. The second kappa shape index (κ2) is 5.57. The van der Waals surface area contributed by atoms with Crippen molar-refractivity contribution in [3.63, 3.8) is 0 Å². The molecule has 2 heterocycles. The summed E-state index contributed by atoms with van der Waals surface area (Å²) in [6.07, 6.45) is 4.35. The highest BCUT2D eigenvalue weighted by Crippen LogP contribution is 2.37. The van der Waals surface area contributed by atoms with Crippen LogP contribution in [-0.4, -0.2) is 23.3 Å². The number of nitrogens with zero attached hydrogens (tertiary/aromatic N) is 1. The Bertz CT molecular complexity index is 707. The third kappa shape index (κ3) is 2.31. The van der Waals surface area contributed by atoms with Gasteiger partial charge in [-0.25, -0.2) is 9.18 Å². The summed E-state index contributed by atoms with van der Waals surface area (Å²) < 4.78 is 14.2. The molecule has 4 nitrogen and oxygen atoms in total. The number of benzene rings is 1. The van der Waals surface area contributed by atoms with E-state index < -0.39 is 11.9 Å². The minimum atomic E-state index is -0.882. The number of amides is 2. The number of ketones is 1. The summed E-state index contributed by atoms with van der Waals surface area (Å²) in [7, 11) is 0. The smallest absolute Gasteiger partial charge is 0.322 e. The molecule has 6 heteroatoms. The zero-order valence-corrected chi connectivity index (χ0v) is 12.7. The molecular formula is C16H14ClFN2O2. The van der Waals surface area contributed by atoms with Crippen molar-refractivity contribution in [3.8, 4) is 0 Å². The third-order valence-corrected chi connectivity index (χ3v) is 4.16. The van der Waals surface area contributed by atoms with Crippen molar-refractivity contribution in [2.75, 3.05) is 6.54 Å². The Morgan fingerprint density at radius 3 is 2.91 bits per heavy atom. The Morgan fingerprint density at radius 1 is 1.45 bits per heavy atom. The molecule has 22 heavy (non-hydrogen) atoms. The number of hydrogen-bond donors (Lipinski definition) is 1. The zero-order chi connectivity index (χ0) is 15.9. The van der Waals surface area contributed by atoms with E-state index in [1.54, 1.807) is 6.08 Å². The van der Waals surface area contributed by atoms with Crippen molar-refractivity contribution in [2.24, 2.45) is 0 Å². The number of halogens is 2. The number of rotatable bonds is 2. The maximum Gasteiger partial charge on any atom is 0.322 e. The standard InChI is InChI=1S/C16H14ClFN2O2/c1-9(21)13-12-7-2-3-8-20(12)16(22)19-15(13)14-10(17)5-4-6-11(14)18/h2,4-7,15H,3,8H2,1H3,(H,19,22). The molecule has 2 amide bonds. The molecule has 0 saturated carbocycles. The van der Waals surface area contributed by atoms with Crippen LogP contribution < -0.4 is 5.32 Å². The fraction of sp³-hybridized carbons (Fsp3) is 0.250. The second-order valence-electron chi connectivity index (χ2n) is 5.22. The number of allylic oxidation sites excluding steroid dienone is 1. The van der Waals surface area contributed by atoms with Crippen molar-refractivity contribution in [3.05, 3.63) is 58.0 Å². The van der Waals surface area contributed by atoms with E-state index in [-0.39, 0.29) is 22.4 Å². The summed E-state index contributed by atoms with van der Waals surface area (Å²) in [6.45, 7) is 1.90. The minimum Gasteiger partial charge on any atom is -0.326 e. The van der Waals surface area contributed by atoms with Gasteiger partial charge in [0.1, 0.15) is 5.82 Å². The Hall–Kier alpha value is -2.14. The quantitative estimate of drug-likeness (QED) is 0.908. The Balaban J connectivity index is 2.23. The molecule has 1 unspecified atom stereocenters. The maximum atomic E-state index is 14.2. The van der Waals surface area contributed by atoms with Gasteiger partial charge in [0.2, 0.25) is 0 Å². The molecule has 114 valence electrons. The van der Waals surface area contributed by atoms with Gasteiger partial charge in [-0.2, -0.15) is 0 Å². The van der Waals surface area contributed by atoms with E-state index in [2.05, 4.69) is 5.32 Å². The summed E-state index contributed by atoms with van der Waals surface area (Å²) >= 11 is 6.10. The lowest BCUT2D eigenvalue weighted by Crippen LogP contribution is -2.49. The predicted molar refractivity (Wildman–Crippen MR) is 80.9 cm³/mol. The number of urea groups is 1. The predicted octanol–water partition coefficient (Wildman–Crippen LogP) is 3.35. The summed E-state index contributed by atoms with van der Waals surface area (Å²) in [6, 6.07) is 3.05. The zero-order valence-electron chi connectivity index (χ0n) is 11.9. The van der Waals surface area contributed by atoms with Gasteiger partial charge in [0.25, 0.3) is 0 Å². The molecule has 0 aliphatic carbocycles. The van der Waals surface area contributed by atoms with Crippen molar-refractivity contribution < 1.29 is 14.0 Å². The number of nitrogens with one attached hydrogen (secondary N) is 1. The molecule has 2 aliphatic heterocycles. The van der Waals surface area contributed by atoms with Crippen molar-refractivity contribution >= 4 is 23.4 Å². The molecule has 0 spiro atoms. The lowest BCUT2D eigenvalue weighted by Gasteiger charge is -2.37. The fourth-order valence-electron chi connectivity index (χ4n) is 2.86.